The van der Waals surface area contributed by atoms with Gasteiger partial charge in [0.1, 0.15) is 11.4 Å². The Bertz CT molecular complexity index is 930. The number of thiocarbonyl (C=S) groups is 1. The lowest BCUT2D eigenvalue weighted by Crippen LogP contribution is -2.42. The summed E-state index contributed by atoms with van der Waals surface area (Å²) >= 11 is 11.8. The van der Waals surface area contributed by atoms with Gasteiger partial charge in [-0.2, -0.15) is 0 Å². The summed E-state index contributed by atoms with van der Waals surface area (Å²) in [6.07, 6.45) is 0.751. The lowest BCUT2D eigenvalue weighted by molar-refractivity contribution is 0.0600. The zero-order valence-corrected chi connectivity index (χ0v) is 17.8. The Hall–Kier alpha value is -2.31. The minimum absolute atomic E-state index is 0.0128. The van der Waals surface area contributed by atoms with E-state index >= 15 is 0 Å². The maximum Gasteiger partial charge on any atom is 0.337 e. The SMILES string of the molecule is COC(=O)c1ccc(Cl)c(NC(=S)N[C@@H]2CC(C)(C)Oc3ccc(C)cc32)c1. The Labute approximate surface area is 175 Å². The smallest absolute Gasteiger partial charge is 0.337 e. The maximum atomic E-state index is 11.8. The molecule has 2 aromatic rings. The number of benzene rings is 2. The monoisotopic (exact) mass is 418 g/mol. The third-order valence-electron chi connectivity index (χ3n) is 4.56. The molecule has 0 unspecified atom stereocenters. The second-order valence-electron chi connectivity index (χ2n) is 7.44. The number of anilines is 1. The normalized spacial score (nSPS) is 17.1. The molecule has 0 saturated heterocycles. The van der Waals surface area contributed by atoms with E-state index in [0.29, 0.717) is 21.4 Å². The van der Waals surface area contributed by atoms with Gasteiger partial charge < -0.3 is 20.1 Å². The fraction of sp³-hybridized carbons (Fsp3) is 0.333. The summed E-state index contributed by atoms with van der Waals surface area (Å²) in [5.74, 6) is 0.419. The topological polar surface area (TPSA) is 59.6 Å². The van der Waals surface area contributed by atoms with E-state index in [1.807, 2.05) is 19.1 Å². The molecule has 0 saturated carbocycles. The van der Waals surface area contributed by atoms with E-state index in [2.05, 4.69) is 30.5 Å². The van der Waals surface area contributed by atoms with Crippen LogP contribution in [0.15, 0.2) is 36.4 Å². The van der Waals surface area contributed by atoms with Crippen LogP contribution in [-0.2, 0) is 4.74 Å². The highest BCUT2D eigenvalue weighted by atomic mass is 35.5. The maximum absolute atomic E-state index is 11.8. The molecule has 0 aliphatic carbocycles. The largest absolute Gasteiger partial charge is 0.487 e. The van der Waals surface area contributed by atoms with Crippen molar-refractivity contribution in [2.24, 2.45) is 0 Å². The van der Waals surface area contributed by atoms with E-state index in [1.165, 1.54) is 7.11 Å². The second-order valence-corrected chi connectivity index (χ2v) is 8.26. The zero-order valence-electron chi connectivity index (χ0n) is 16.3. The van der Waals surface area contributed by atoms with Crippen LogP contribution in [0.1, 0.15) is 47.8 Å². The van der Waals surface area contributed by atoms with Crippen LogP contribution in [0, 0.1) is 6.92 Å². The molecule has 2 N–H and O–H groups in total. The Morgan fingerprint density at radius 3 is 2.75 bits per heavy atom. The molecule has 0 aromatic heterocycles. The number of hydrogen-bond acceptors (Lipinski definition) is 4. The van der Waals surface area contributed by atoms with Crippen molar-refractivity contribution in [3.8, 4) is 5.75 Å². The molecule has 7 heteroatoms. The number of ether oxygens (including phenoxy) is 2. The number of hydrogen-bond donors (Lipinski definition) is 2. The van der Waals surface area contributed by atoms with Gasteiger partial charge in [-0.1, -0.05) is 29.3 Å². The van der Waals surface area contributed by atoms with Crippen LogP contribution in [0.3, 0.4) is 0 Å². The Balaban J connectivity index is 1.80. The molecule has 3 rings (SSSR count). The van der Waals surface area contributed by atoms with Gasteiger partial charge in [-0.25, -0.2) is 4.79 Å². The van der Waals surface area contributed by atoms with Crippen molar-refractivity contribution in [1.82, 2.24) is 5.32 Å². The lowest BCUT2D eigenvalue weighted by atomic mass is 9.89. The van der Waals surface area contributed by atoms with E-state index in [0.717, 1.165) is 23.3 Å². The fourth-order valence-corrected chi connectivity index (χ4v) is 3.70. The molecule has 2 aromatic carbocycles. The van der Waals surface area contributed by atoms with Gasteiger partial charge in [0.05, 0.1) is 29.4 Å². The number of methoxy groups -OCH3 is 1. The fourth-order valence-electron chi connectivity index (χ4n) is 3.29. The van der Waals surface area contributed by atoms with E-state index in [9.17, 15) is 4.79 Å². The Morgan fingerprint density at radius 1 is 1.29 bits per heavy atom. The first kappa shape index (κ1) is 20.4. The molecule has 1 aliphatic rings. The zero-order chi connectivity index (χ0) is 20.5. The molecular weight excluding hydrogens is 396 g/mol. The number of rotatable bonds is 3. The molecule has 1 heterocycles. The number of aryl methyl sites for hydroxylation is 1. The Morgan fingerprint density at radius 2 is 2.04 bits per heavy atom. The van der Waals surface area contributed by atoms with Gasteiger partial charge in [0.2, 0.25) is 0 Å². The number of carbonyl (C=O) groups excluding carboxylic acids is 1. The first-order chi connectivity index (χ1) is 13.2. The van der Waals surface area contributed by atoms with Crippen molar-refractivity contribution in [2.45, 2.75) is 38.8 Å². The van der Waals surface area contributed by atoms with Crippen LogP contribution in [0.25, 0.3) is 0 Å². The lowest BCUT2D eigenvalue weighted by Gasteiger charge is -2.38. The standard InChI is InChI=1S/C21H23ClN2O3S/c1-12-5-8-18-14(9-12)17(11-21(2,3)27-18)24-20(28)23-16-10-13(19(25)26-4)6-7-15(16)22/h5-10,17H,11H2,1-4H3,(H2,23,24,28)/t17-/m1/s1. The summed E-state index contributed by atoms with van der Waals surface area (Å²) in [6, 6.07) is 11.0. The van der Waals surface area contributed by atoms with E-state index in [-0.39, 0.29) is 11.6 Å². The molecule has 1 aliphatic heterocycles. The highest BCUT2D eigenvalue weighted by Crippen LogP contribution is 2.40. The number of halogens is 1. The van der Waals surface area contributed by atoms with E-state index < -0.39 is 5.97 Å². The molecule has 0 bridgehead atoms. The molecule has 5 nitrogen and oxygen atoms in total. The minimum atomic E-state index is -0.436. The number of fused-ring (bicyclic) bond motifs is 1. The summed E-state index contributed by atoms with van der Waals surface area (Å²) in [6.45, 7) is 6.15. The number of esters is 1. The van der Waals surface area contributed by atoms with E-state index in [1.54, 1.807) is 18.2 Å². The van der Waals surface area contributed by atoms with Gasteiger partial charge in [0, 0.05) is 12.0 Å². The number of nitrogens with one attached hydrogen (secondary N) is 2. The van der Waals surface area contributed by atoms with Crippen molar-refractivity contribution in [3.63, 3.8) is 0 Å². The average Bonchev–Trinajstić information content (AvgIpc) is 2.62. The Kier molecular flexibility index (Phi) is 5.82. The summed E-state index contributed by atoms with van der Waals surface area (Å²) in [4.78, 5) is 11.8. The van der Waals surface area contributed by atoms with Crippen molar-refractivity contribution >= 4 is 40.6 Å². The van der Waals surface area contributed by atoms with Gasteiger partial charge >= 0.3 is 5.97 Å². The van der Waals surface area contributed by atoms with Crippen LogP contribution in [-0.4, -0.2) is 23.8 Å². The molecule has 28 heavy (non-hydrogen) atoms. The van der Waals surface area contributed by atoms with E-state index in [4.69, 9.17) is 33.3 Å². The summed E-state index contributed by atoms with van der Waals surface area (Å²) in [5, 5.41) is 7.33. The van der Waals surface area contributed by atoms with Crippen molar-refractivity contribution in [2.75, 3.05) is 12.4 Å². The van der Waals surface area contributed by atoms with Crippen molar-refractivity contribution in [1.29, 1.82) is 0 Å². The summed E-state index contributed by atoms with van der Waals surface area (Å²) in [5.41, 5.74) is 2.83. The van der Waals surface area contributed by atoms with Crippen LogP contribution in [0.2, 0.25) is 5.02 Å². The summed E-state index contributed by atoms with van der Waals surface area (Å²) in [7, 11) is 1.34. The molecule has 1 atom stereocenters. The van der Waals surface area contributed by atoms with Gasteiger partial charge in [-0.15, -0.1) is 0 Å². The highest BCUT2D eigenvalue weighted by molar-refractivity contribution is 7.80. The third-order valence-corrected chi connectivity index (χ3v) is 5.11. The number of carbonyl (C=O) groups is 1. The highest BCUT2D eigenvalue weighted by Gasteiger charge is 2.34. The van der Waals surface area contributed by atoms with Crippen LogP contribution < -0.4 is 15.4 Å². The molecule has 0 amide bonds. The van der Waals surface area contributed by atoms with Gasteiger partial charge in [0.25, 0.3) is 0 Å². The third kappa shape index (κ3) is 4.56. The molecule has 0 radical (unpaired) electrons. The predicted octanol–water partition coefficient (Wildman–Crippen LogP) is 5.02. The van der Waals surface area contributed by atoms with Gasteiger partial charge in [-0.05, 0) is 57.3 Å². The average molecular weight is 419 g/mol. The van der Waals surface area contributed by atoms with Crippen LogP contribution in [0.4, 0.5) is 5.69 Å². The molecule has 0 fully saturated rings. The van der Waals surface area contributed by atoms with Gasteiger partial charge in [-0.3, -0.25) is 0 Å². The van der Waals surface area contributed by atoms with Crippen LogP contribution in [0.5, 0.6) is 5.75 Å². The molecule has 0 spiro atoms. The van der Waals surface area contributed by atoms with Gasteiger partial charge in [0.15, 0.2) is 5.11 Å². The summed E-state index contributed by atoms with van der Waals surface area (Å²) < 4.78 is 10.9. The quantitative estimate of drug-likeness (QED) is 0.539. The molecule has 148 valence electrons. The first-order valence-corrected chi connectivity index (χ1v) is 9.72. The molecular formula is C21H23ClN2O3S. The minimum Gasteiger partial charge on any atom is -0.487 e. The van der Waals surface area contributed by atoms with Crippen molar-refractivity contribution in [3.05, 3.63) is 58.1 Å². The van der Waals surface area contributed by atoms with Crippen molar-refractivity contribution < 1.29 is 14.3 Å². The predicted molar refractivity (Wildman–Crippen MR) is 115 cm³/mol. The second kappa shape index (κ2) is 7.97. The first-order valence-electron chi connectivity index (χ1n) is 8.93. The van der Waals surface area contributed by atoms with Crippen LogP contribution >= 0.6 is 23.8 Å².